The van der Waals surface area contributed by atoms with Crippen molar-refractivity contribution in [1.82, 2.24) is 0 Å². The Labute approximate surface area is 327 Å². The van der Waals surface area contributed by atoms with Gasteiger partial charge in [-0.05, 0) is 102 Å². The number of benzene rings is 3. The summed E-state index contributed by atoms with van der Waals surface area (Å²) >= 11 is 0. The van der Waals surface area contributed by atoms with Crippen LogP contribution in [0.4, 0.5) is 8.78 Å². The van der Waals surface area contributed by atoms with Gasteiger partial charge >= 0.3 is 11.9 Å². The van der Waals surface area contributed by atoms with Gasteiger partial charge in [0.2, 0.25) is 0 Å². The first kappa shape index (κ1) is 41.7. The number of carbonyl (C=O) groups excluding carboxylic acids is 1. The molecule has 5 aliphatic rings. The first-order chi connectivity index (χ1) is 26.4. The van der Waals surface area contributed by atoms with Crippen molar-refractivity contribution in [2.75, 3.05) is 39.6 Å². The Hall–Kier alpha value is -2.90. The van der Waals surface area contributed by atoms with Crippen molar-refractivity contribution in [1.29, 1.82) is 0 Å². The Bertz CT molecular complexity index is 1500. The summed E-state index contributed by atoms with van der Waals surface area (Å²) in [5, 5.41) is 0. The van der Waals surface area contributed by atoms with Crippen molar-refractivity contribution in [2.45, 2.75) is 111 Å². The first-order valence-electron chi connectivity index (χ1n) is 19.6. The van der Waals surface area contributed by atoms with Gasteiger partial charge in [-0.25, -0.2) is 4.79 Å². The molecule has 300 valence electrons. The Morgan fingerprint density at radius 2 is 1.15 bits per heavy atom. The highest BCUT2D eigenvalue weighted by molar-refractivity contribution is 7.97. The van der Waals surface area contributed by atoms with Crippen LogP contribution in [0.15, 0.2) is 106 Å². The van der Waals surface area contributed by atoms with E-state index < -0.39 is 28.7 Å². The summed E-state index contributed by atoms with van der Waals surface area (Å²) in [6.07, 6.45) is 2.59. The second-order valence-electron chi connectivity index (χ2n) is 15.5. The smallest absolute Gasteiger partial charge is 0.377 e. The fraction of sp³-hybridized carbons (Fsp3) is 0.568. The van der Waals surface area contributed by atoms with Gasteiger partial charge in [0, 0.05) is 32.0 Å². The number of esters is 1. The molecule has 4 bridgehead atoms. The lowest BCUT2D eigenvalue weighted by molar-refractivity contribution is -0.401. The van der Waals surface area contributed by atoms with Crippen LogP contribution in [0.2, 0.25) is 0 Å². The lowest BCUT2D eigenvalue weighted by Crippen LogP contribution is -2.69. The van der Waals surface area contributed by atoms with E-state index in [0.717, 1.165) is 12.8 Å². The van der Waals surface area contributed by atoms with E-state index >= 15 is 0 Å². The van der Waals surface area contributed by atoms with E-state index in [4.69, 9.17) is 33.2 Å². The number of hydrogen-bond acceptors (Lipinski definition) is 8. The first-order valence-corrected chi connectivity index (χ1v) is 20.9. The molecule has 1 spiro atoms. The van der Waals surface area contributed by atoms with E-state index in [-0.39, 0.29) is 35.3 Å². The van der Waals surface area contributed by atoms with E-state index in [9.17, 15) is 13.6 Å². The zero-order chi connectivity index (χ0) is 39.1. The molecule has 55 heavy (non-hydrogen) atoms. The summed E-state index contributed by atoms with van der Waals surface area (Å²) in [5.74, 6) is -5.48. The van der Waals surface area contributed by atoms with Crippen molar-refractivity contribution >= 4 is 16.9 Å². The van der Waals surface area contributed by atoms with Crippen molar-refractivity contribution < 1.29 is 46.7 Å². The highest BCUT2D eigenvalue weighted by Gasteiger charge is 2.67. The molecule has 11 heteroatoms. The van der Waals surface area contributed by atoms with Crippen LogP contribution in [-0.4, -0.2) is 75.5 Å². The lowest BCUT2D eigenvalue weighted by Gasteiger charge is -2.65. The molecule has 0 aromatic heterocycles. The monoisotopic (exact) mass is 783 g/mol. The number of hydrogen-bond donors (Lipinski definition) is 0. The van der Waals surface area contributed by atoms with Crippen molar-refractivity contribution in [3.63, 3.8) is 0 Å². The summed E-state index contributed by atoms with van der Waals surface area (Å²) in [7, 11) is -0.0146. The van der Waals surface area contributed by atoms with Gasteiger partial charge in [-0.2, -0.15) is 8.78 Å². The normalized spacial score (nSPS) is 29.4. The Morgan fingerprint density at radius 3 is 1.53 bits per heavy atom. The third kappa shape index (κ3) is 9.98. The summed E-state index contributed by atoms with van der Waals surface area (Å²) < 4.78 is 69.0. The fourth-order valence-corrected chi connectivity index (χ4v) is 10.9. The van der Waals surface area contributed by atoms with Gasteiger partial charge < -0.3 is 33.2 Å². The van der Waals surface area contributed by atoms with E-state index in [2.05, 4.69) is 91.0 Å². The lowest BCUT2D eigenvalue weighted by atomic mass is 9.51. The molecule has 1 heterocycles. The average molecular weight is 784 g/mol. The molecule has 4 aliphatic carbocycles. The molecular formula is C44H57F2O8S+. The maximum absolute atomic E-state index is 13.6. The highest BCUT2D eigenvalue weighted by atomic mass is 32.2. The van der Waals surface area contributed by atoms with Crippen LogP contribution in [-0.2, 0) is 48.8 Å². The fourth-order valence-electron chi connectivity index (χ4n) is 8.79. The number of halogens is 2. The number of ether oxygens (including phenoxy) is 7. The molecule has 8 rings (SSSR count). The molecule has 3 aromatic rings. The number of carbonyl (C=O) groups is 1. The minimum absolute atomic E-state index is 0.0146. The van der Waals surface area contributed by atoms with Crippen LogP contribution in [0.1, 0.15) is 66.7 Å². The topological polar surface area (TPSA) is 81.7 Å². The zero-order valence-electron chi connectivity index (χ0n) is 32.8. The van der Waals surface area contributed by atoms with E-state index in [1.165, 1.54) is 14.7 Å². The quantitative estimate of drug-likeness (QED) is 0.0859. The molecule has 8 nitrogen and oxygen atoms in total. The second kappa shape index (κ2) is 18.1. The minimum atomic E-state index is -3.50. The molecule has 5 fully saturated rings. The summed E-state index contributed by atoms with van der Waals surface area (Å²) in [6.45, 7) is 10.6. The zero-order valence-corrected chi connectivity index (χ0v) is 33.6. The molecule has 1 aliphatic heterocycles. The van der Waals surface area contributed by atoms with Gasteiger partial charge in [0.25, 0.3) is 0 Å². The van der Waals surface area contributed by atoms with Crippen LogP contribution >= 0.6 is 0 Å². The number of alkyl halides is 2. The molecule has 0 radical (unpaired) electrons. The van der Waals surface area contributed by atoms with Gasteiger partial charge in [0.05, 0.1) is 42.7 Å². The van der Waals surface area contributed by atoms with Crippen LogP contribution in [0.5, 0.6) is 0 Å². The van der Waals surface area contributed by atoms with Crippen LogP contribution in [0.3, 0.4) is 0 Å². The van der Waals surface area contributed by atoms with Crippen LogP contribution in [0.25, 0.3) is 0 Å². The maximum Gasteiger partial charge on any atom is 0.377 e. The molecule has 4 unspecified atom stereocenters. The molecule has 0 amide bonds. The van der Waals surface area contributed by atoms with Crippen LogP contribution in [0, 0.1) is 23.2 Å². The minimum Gasteiger partial charge on any atom is -0.455 e. The second-order valence-corrected chi connectivity index (χ2v) is 17.5. The summed E-state index contributed by atoms with van der Waals surface area (Å²) in [4.78, 5) is 16.1. The van der Waals surface area contributed by atoms with Crippen molar-refractivity contribution in [3.8, 4) is 0 Å². The Morgan fingerprint density at radius 1 is 0.727 bits per heavy atom. The standard InChI is InChI=1S/C26H42F2O8.C18H15S/c1-6-30-17(3)32-13-24(14-33-18(4)31-7-2)15-34-26(35-16-24)20-8-19-9-21(26)12-25(10-19,11-20)36-22(29)23(5,27)28;1-4-10-16(11-5-1)19(17-12-6-2-7-13-17)18-14-8-3-9-15-18/h17-21H,6-16H2,1-5H3;1-15H/q;+1. The molecule has 0 N–H and O–H groups in total. The predicted molar refractivity (Wildman–Crippen MR) is 206 cm³/mol. The number of rotatable bonds is 15. The third-order valence-corrected chi connectivity index (χ3v) is 13.4. The average Bonchev–Trinajstić information content (AvgIpc) is 3.17. The van der Waals surface area contributed by atoms with Crippen LogP contribution < -0.4 is 0 Å². The van der Waals surface area contributed by atoms with Gasteiger partial charge in [-0.15, -0.1) is 0 Å². The maximum atomic E-state index is 13.6. The summed E-state index contributed by atoms with van der Waals surface area (Å²) in [6, 6.07) is 32.2. The van der Waals surface area contributed by atoms with E-state index in [0.29, 0.717) is 71.7 Å². The highest BCUT2D eigenvalue weighted by Crippen LogP contribution is 2.64. The van der Waals surface area contributed by atoms with Gasteiger partial charge in [-0.1, -0.05) is 54.6 Å². The molecule has 3 aromatic carbocycles. The Kier molecular flexibility index (Phi) is 13.8. The molecule has 1 saturated heterocycles. The van der Waals surface area contributed by atoms with Crippen molar-refractivity contribution in [3.05, 3.63) is 91.0 Å². The van der Waals surface area contributed by atoms with Gasteiger partial charge in [0.15, 0.2) is 33.1 Å². The molecule has 4 atom stereocenters. The SMILES string of the molecule is CCOC(C)OCC1(COC(C)OCC)COC2(OC1)C1CC3CC2CC(OC(=O)C(C)(F)F)(C3)C1.c1ccc([S+](c2ccccc2)c2ccccc2)cc1. The van der Waals surface area contributed by atoms with Crippen molar-refractivity contribution in [2.24, 2.45) is 23.2 Å². The predicted octanol–water partition coefficient (Wildman–Crippen LogP) is 9.07. The van der Waals surface area contributed by atoms with E-state index in [1.807, 2.05) is 27.7 Å². The Balaban J connectivity index is 0.000000226. The largest absolute Gasteiger partial charge is 0.455 e. The molecular weight excluding hydrogens is 727 g/mol. The summed E-state index contributed by atoms with van der Waals surface area (Å²) in [5.41, 5.74) is -1.41. The van der Waals surface area contributed by atoms with Gasteiger partial charge in [-0.3, -0.25) is 0 Å². The molecule has 4 saturated carbocycles. The third-order valence-electron chi connectivity index (χ3n) is 11.1. The van der Waals surface area contributed by atoms with Gasteiger partial charge in [0.1, 0.15) is 5.60 Å². The van der Waals surface area contributed by atoms with E-state index in [1.54, 1.807) is 0 Å².